The third-order valence-corrected chi connectivity index (χ3v) is 2.02. The van der Waals surface area contributed by atoms with Crippen molar-refractivity contribution >= 4 is 5.69 Å². The molecule has 0 aromatic heterocycles. The number of benzene rings is 1. The van der Waals surface area contributed by atoms with Crippen LogP contribution in [0, 0.1) is 11.3 Å². The lowest BCUT2D eigenvalue weighted by Crippen LogP contribution is -2.09. The summed E-state index contributed by atoms with van der Waals surface area (Å²) in [6, 6.07) is 6.27. The molecule has 0 spiro atoms. The first-order valence-corrected chi connectivity index (χ1v) is 4.91. The van der Waals surface area contributed by atoms with Crippen molar-refractivity contribution in [1.29, 1.82) is 5.26 Å². The van der Waals surface area contributed by atoms with E-state index in [0.29, 0.717) is 11.3 Å². The van der Waals surface area contributed by atoms with Crippen molar-refractivity contribution < 1.29 is 17.9 Å². The monoisotopic (exact) mass is 244 g/mol. The molecule has 92 valence electrons. The second-order valence-electron chi connectivity index (χ2n) is 3.43. The standard InChI is InChI=1S/C11H11F3N2O/c12-11(13,14)4-1-5-17-9-3-2-8(7-15)10(16)6-9/h2-3,6H,1,4-5,16H2. The Hall–Kier alpha value is -1.90. The van der Waals surface area contributed by atoms with Crippen LogP contribution in [0.1, 0.15) is 18.4 Å². The summed E-state index contributed by atoms with van der Waals surface area (Å²) < 4.78 is 40.6. The Bertz CT molecular complexity index is 424. The SMILES string of the molecule is N#Cc1ccc(OCCCC(F)(F)F)cc1N. The zero-order valence-corrected chi connectivity index (χ0v) is 8.92. The largest absolute Gasteiger partial charge is 0.494 e. The molecule has 0 aliphatic carbocycles. The van der Waals surface area contributed by atoms with Crippen LogP contribution in [-0.2, 0) is 0 Å². The number of nitrogens with zero attached hydrogens (tertiary/aromatic N) is 1. The van der Waals surface area contributed by atoms with Gasteiger partial charge in [0.15, 0.2) is 0 Å². The van der Waals surface area contributed by atoms with Crippen LogP contribution in [0.3, 0.4) is 0 Å². The molecule has 0 aliphatic rings. The first-order chi connectivity index (χ1) is 7.92. The molecule has 0 aliphatic heterocycles. The predicted octanol–water partition coefficient (Wildman–Crippen LogP) is 2.86. The zero-order valence-electron chi connectivity index (χ0n) is 8.92. The fourth-order valence-electron chi connectivity index (χ4n) is 1.20. The van der Waals surface area contributed by atoms with Crippen molar-refractivity contribution in [3.63, 3.8) is 0 Å². The highest BCUT2D eigenvalue weighted by Gasteiger charge is 2.26. The Kier molecular flexibility index (Phi) is 4.21. The Morgan fingerprint density at radius 3 is 2.59 bits per heavy atom. The van der Waals surface area contributed by atoms with Gasteiger partial charge in [-0.3, -0.25) is 0 Å². The lowest BCUT2D eigenvalue weighted by Gasteiger charge is -2.08. The number of hydrogen-bond donors (Lipinski definition) is 1. The number of rotatable bonds is 4. The maximum Gasteiger partial charge on any atom is 0.389 e. The van der Waals surface area contributed by atoms with Crippen LogP contribution in [0.25, 0.3) is 0 Å². The first kappa shape index (κ1) is 13.2. The van der Waals surface area contributed by atoms with E-state index in [2.05, 4.69) is 0 Å². The second kappa shape index (κ2) is 5.43. The van der Waals surface area contributed by atoms with Crippen LogP contribution >= 0.6 is 0 Å². The topological polar surface area (TPSA) is 59.0 Å². The predicted molar refractivity (Wildman–Crippen MR) is 56.4 cm³/mol. The fourth-order valence-corrected chi connectivity index (χ4v) is 1.20. The van der Waals surface area contributed by atoms with E-state index in [0.717, 1.165) is 0 Å². The van der Waals surface area contributed by atoms with Gasteiger partial charge in [0, 0.05) is 12.5 Å². The van der Waals surface area contributed by atoms with E-state index >= 15 is 0 Å². The number of ether oxygens (including phenoxy) is 1. The van der Waals surface area contributed by atoms with Crippen LogP contribution in [0.4, 0.5) is 18.9 Å². The fraction of sp³-hybridized carbons (Fsp3) is 0.364. The summed E-state index contributed by atoms with van der Waals surface area (Å²) in [5.74, 6) is 0.365. The van der Waals surface area contributed by atoms with Crippen LogP contribution in [0.2, 0.25) is 0 Å². The first-order valence-electron chi connectivity index (χ1n) is 4.91. The van der Waals surface area contributed by atoms with Gasteiger partial charge >= 0.3 is 6.18 Å². The van der Waals surface area contributed by atoms with Crippen LogP contribution in [-0.4, -0.2) is 12.8 Å². The molecule has 3 nitrogen and oxygen atoms in total. The number of nitrogens with two attached hydrogens (primary N) is 1. The molecule has 17 heavy (non-hydrogen) atoms. The summed E-state index contributed by atoms with van der Waals surface area (Å²) in [5, 5.41) is 8.62. The quantitative estimate of drug-likeness (QED) is 0.654. The van der Waals surface area contributed by atoms with E-state index in [9.17, 15) is 13.2 Å². The molecule has 1 aromatic rings. The Morgan fingerprint density at radius 1 is 1.35 bits per heavy atom. The highest BCUT2D eigenvalue weighted by atomic mass is 19.4. The van der Waals surface area contributed by atoms with Gasteiger partial charge in [0.25, 0.3) is 0 Å². The average Bonchev–Trinajstić information content (AvgIpc) is 2.23. The van der Waals surface area contributed by atoms with Crippen molar-refractivity contribution in [2.24, 2.45) is 0 Å². The molecule has 0 saturated carbocycles. The molecule has 2 N–H and O–H groups in total. The number of nitriles is 1. The van der Waals surface area contributed by atoms with E-state index in [1.807, 2.05) is 6.07 Å². The van der Waals surface area contributed by atoms with Gasteiger partial charge in [-0.1, -0.05) is 0 Å². The highest BCUT2D eigenvalue weighted by Crippen LogP contribution is 2.22. The lowest BCUT2D eigenvalue weighted by molar-refractivity contribution is -0.136. The maximum atomic E-state index is 11.8. The zero-order chi connectivity index (χ0) is 12.9. The van der Waals surface area contributed by atoms with Gasteiger partial charge < -0.3 is 10.5 Å². The molecular formula is C11H11F3N2O. The van der Waals surface area contributed by atoms with Gasteiger partial charge in [-0.05, 0) is 18.6 Å². The summed E-state index contributed by atoms with van der Waals surface area (Å²) in [5.41, 5.74) is 6.09. The van der Waals surface area contributed by atoms with E-state index in [1.165, 1.54) is 18.2 Å². The summed E-state index contributed by atoms with van der Waals surface area (Å²) in [6.07, 6.45) is -5.14. The summed E-state index contributed by atoms with van der Waals surface area (Å²) in [7, 11) is 0. The third-order valence-electron chi connectivity index (χ3n) is 2.02. The molecule has 0 saturated heterocycles. The van der Waals surface area contributed by atoms with E-state index in [1.54, 1.807) is 0 Å². The molecule has 0 radical (unpaired) electrons. The summed E-state index contributed by atoms with van der Waals surface area (Å²) in [4.78, 5) is 0. The minimum absolute atomic E-state index is 0.0369. The van der Waals surface area contributed by atoms with Gasteiger partial charge in [-0.2, -0.15) is 18.4 Å². The minimum atomic E-state index is -4.16. The van der Waals surface area contributed by atoms with Gasteiger partial charge in [0.1, 0.15) is 11.8 Å². The van der Waals surface area contributed by atoms with Crippen molar-refractivity contribution in [2.45, 2.75) is 19.0 Å². The molecule has 0 amide bonds. The number of halogens is 3. The average molecular weight is 244 g/mol. The van der Waals surface area contributed by atoms with Crippen molar-refractivity contribution in [1.82, 2.24) is 0 Å². The van der Waals surface area contributed by atoms with Gasteiger partial charge in [0.2, 0.25) is 0 Å². The summed E-state index contributed by atoms with van der Waals surface area (Å²) >= 11 is 0. The molecule has 0 heterocycles. The van der Waals surface area contributed by atoms with Gasteiger partial charge in [0.05, 0.1) is 17.9 Å². The Labute approximate surface area is 96.6 Å². The number of alkyl halides is 3. The van der Waals surface area contributed by atoms with E-state index in [-0.39, 0.29) is 18.7 Å². The second-order valence-corrected chi connectivity index (χ2v) is 3.43. The summed E-state index contributed by atoms with van der Waals surface area (Å²) in [6.45, 7) is -0.0369. The van der Waals surface area contributed by atoms with Crippen LogP contribution in [0.15, 0.2) is 18.2 Å². The molecule has 0 bridgehead atoms. The number of anilines is 1. The molecule has 6 heteroatoms. The lowest BCUT2D eigenvalue weighted by atomic mass is 10.2. The Balaban J connectivity index is 2.43. The molecule has 1 aromatic carbocycles. The van der Waals surface area contributed by atoms with Crippen LogP contribution in [0.5, 0.6) is 5.75 Å². The number of nitrogen functional groups attached to an aromatic ring is 1. The van der Waals surface area contributed by atoms with E-state index in [4.69, 9.17) is 15.7 Å². The Morgan fingerprint density at radius 2 is 2.06 bits per heavy atom. The molecule has 0 atom stereocenters. The van der Waals surface area contributed by atoms with Crippen LogP contribution < -0.4 is 10.5 Å². The highest BCUT2D eigenvalue weighted by molar-refractivity contribution is 5.56. The van der Waals surface area contributed by atoms with Crippen molar-refractivity contribution in [2.75, 3.05) is 12.3 Å². The normalized spacial score (nSPS) is 10.9. The van der Waals surface area contributed by atoms with E-state index < -0.39 is 12.6 Å². The van der Waals surface area contributed by atoms with Crippen molar-refractivity contribution in [3.8, 4) is 11.8 Å². The smallest absolute Gasteiger partial charge is 0.389 e. The minimum Gasteiger partial charge on any atom is -0.494 e. The third kappa shape index (κ3) is 4.64. The van der Waals surface area contributed by atoms with Gasteiger partial charge in [-0.25, -0.2) is 0 Å². The van der Waals surface area contributed by atoms with Gasteiger partial charge in [-0.15, -0.1) is 0 Å². The molecule has 1 rings (SSSR count). The molecular weight excluding hydrogens is 233 g/mol. The maximum absolute atomic E-state index is 11.8. The molecule has 0 unspecified atom stereocenters. The number of hydrogen-bond acceptors (Lipinski definition) is 3. The van der Waals surface area contributed by atoms with Crippen molar-refractivity contribution in [3.05, 3.63) is 23.8 Å². The molecule has 0 fully saturated rings.